The number of aryl methyl sites for hydroxylation is 1. The van der Waals surface area contributed by atoms with Crippen molar-refractivity contribution in [3.05, 3.63) is 82.6 Å². The van der Waals surface area contributed by atoms with Gasteiger partial charge in [0.25, 0.3) is 0 Å². The second-order valence-corrected chi connectivity index (χ2v) is 8.14. The van der Waals surface area contributed by atoms with Crippen LogP contribution < -0.4 is 0 Å². The van der Waals surface area contributed by atoms with Crippen LogP contribution in [0.15, 0.2) is 65.9 Å². The first-order valence-corrected chi connectivity index (χ1v) is 9.44. The number of carbonyl (C=O) groups is 1. The Labute approximate surface area is 156 Å². The summed E-state index contributed by atoms with van der Waals surface area (Å²) in [6.07, 6.45) is 3.23. The molecule has 1 aliphatic rings. The van der Waals surface area contributed by atoms with E-state index in [-0.39, 0.29) is 17.3 Å². The van der Waals surface area contributed by atoms with Crippen LogP contribution in [-0.2, 0) is 11.2 Å². The molecule has 0 saturated heterocycles. The van der Waals surface area contributed by atoms with Crippen molar-refractivity contribution < 1.29 is 9.53 Å². The molecule has 0 fully saturated rings. The molecule has 2 aromatic carbocycles. The molecular weight excluding hydrogens is 320 g/mol. The van der Waals surface area contributed by atoms with E-state index in [1.54, 1.807) is 12.1 Å². The number of hydrogen-bond acceptors (Lipinski definition) is 2. The van der Waals surface area contributed by atoms with Crippen molar-refractivity contribution in [2.45, 2.75) is 52.9 Å². The molecule has 1 aliphatic carbocycles. The van der Waals surface area contributed by atoms with Gasteiger partial charge in [0.1, 0.15) is 5.76 Å². The van der Waals surface area contributed by atoms with Gasteiger partial charge in [0.2, 0.25) is 0 Å². The van der Waals surface area contributed by atoms with Gasteiger partial charge >= 0.3 is 5.97 Å². The Bertz CT molecular complexity index is 810. The first kappa shape index (κ1) is 18.4. The summed E-state index contributed by atoms with van der Waals surface area (Å²) in [5, 5.41) is 0. The predicted molar refractivity (Wildman–Crippen MR) is 106 cm³/mol. The second-order valence-electron chi connectivity index (χ2n) is 8.14. The molecule has 0 amide bonds. The molecule has 0 radical (unpaired) electrons. The van der Waals surface area contributed by atoms with Gasteiger partial charge in [0, 0.05) is 5.92 Å². The van der Waals surface area contributed by atoms with Crippen LogP contribution >= 0.6 is 0 Å². The van der Waals surface area contributed by atoms with Crippen molar-refractivity contribution in [2.24, 2.45) is 5.41 Å². The maximum absolute atomic E-state index is 12.8. The van der Waals surface area contributed by atoms with E-state index >= 15 is 0 Å². The van der Waals surface area contributed by atoms with E-state index in [9.17, 15) is 4.79 Å². The van der Waals surface area contributed by atoms with Crippen molar-refractivity contribution >= 4 is 5.97 Å². The topological polar surface area (TPSA) is 26.3 Å². The van der Waals surface area contributed by atoms with Gasteiger partial charge in [-0.3, -0.25) is 0 Å². The Hall–Kier alpha value is -2.35. The van der Waals surface area contributed by atoms with Crippen molar-refractivity contribution in [2.75, 3.05) is 0 Å². The SMILES string of the molecule is CC(=C(OC(=O)c1ccccc1)C1CCCc2ccccc21)C(C)(C)C. The molecular formula is C24H28O2. The molecule has 3 rings (SSSR count). The van der Waals surface area contributed by atoms with Crippen LogP contribution in [-0.4, -0.2) is 5.97 Å². The van der Waals surface area contributed by atoms with Gasteiger partial charge in [0.05, 0.1) is 5.56 Å². The third kappa shape index (κ3) is 3.90. The van der Waals surface area contributed by atoms with E-state index < -0.39 is 0 Å². The molecule has 0 heterocycles. The lowest BCUT2D eigenvalue weighted by atomic mass is 9.77. The number of esters is 1. The monoisotopic (exact) mass is 348 g/mol. The average Bonchev–Trinajstić information content (AvgIpc) is 2.65. The van der Waals surface area contributed by atoms with Gasteiger partial charge in [0.15, 0.2) is 0 Å². The Morgan fingerprint density at radius 1 is 1.00 bits per heavy atom. The van der Waals surface area contributed by atoms with E-state index in [4.69, 9.17) is 4.74 Å². The number of fused-ring (bicyclic) bond motifs is 1. The molecule has 26 heavy (non-hydrogen) atoms. The molecule has 0 aromatic heterocycles. The predicted octanol–water partition coefficient (Wildman–Crippen LogP) is 6.28. The molecule has 0 aliphatic heterocycles. The average molecular weight is 348 g/mol. The highest BCUT2D eigenvalue weighted by Crippen LogP contribution is 2.42. The minimum absolute atomic E-state index is 0.0569. The van der Waals surface area contributed by atoms with E-state index in [0.717, 1.165) is 30.6 Å². The number of carbonyl (C=O) groups excluding carboxylic acids is 1. The summed E-state index contributed by atoms with van der Waals surface area (Å²) in [6, 6.07) is 17.8. The summed E-state index contributed by atoms with van der Waals surface area (Å²) in [7, 11) is 0. The van der Waals surface area contributed by atoms with Gasteiger partial charge in [-0.25, -0.2) is 4.79 Å². The number of hydrogen-bond donors (Lipinski definition) is 0. The van der Waals surface area contributed by atoms with Crippen LogP contribution in [0.3, 0.4) is 0 Å². The van der Waals surface area contributed by atoms with Crippen molar-refractivity contribution in [3.63, 3.8) is 0 Å². The molecule has 2 nitrogen and oxygen atoms in total. The number of ether oxygens (including phenoxy) is 1. The lowest BCUT2D eigenvalue weighted by Crippen LogP contribution is -2.21. The highest BCUT2D eigenvalue weighted by molar-refractivity contribution is 5.90. The fourth-order valence-corrected chi connectivity index (χ4v) is 3.54. The van der Waals surface area contributed by atoms with Gasteiger partial charge in [-0.2, -0.15) is 0 Å². The molecule has 0 N–H and O–H groups in total. The van der Waals surface area contributed by atoms with Gasteiger partial charge in [-0.1, -0.05) is 63.2 Å². The summed E-state index contributed by atoms with van der Waals surface area (Å²) in [4.78, 5) is 12.8. The zero-order valence-corrected chi connectivity index (χ0v) is 16.2. The van der Waals surface area contributed by atoms with Crippen molar-refractivity contribution in [1.82, 2.24) is 0 Å². The lowest BCUT2D eigenvalue weighted by molar-refractivity contribution is 0.0591. The zero-order valence-electron chi connectivity index (χ0n) is 16.2. The van der Waals surface area contributed by atoms with Crippen LogP contribution in [0.2, 0.25) is 0 Å². The third-order valence-corrected chi connectivity index (χ3v) is 5.39. The Balaban J connectivity index is 2.02. The zero-order chi connectivity index (χ0) is 18.7. The van der Waals surface area contributed by atoms with Crippen LogP contribution in [0.25, 0.3) is 0 Å². The van der Waals surface area contributed by atoms with E-state index in [1.807, 2.05) is 18.2 Å². The fourth-order valence-electron chi connectivity index (χ4n) is 3.54. The summed E-state index contributed by atoms with van der Waals surface area (Å²) in [6.45, 7) is 8.62. The highest BCUT2D eigenvalue weighted by atomic mass is 16.5. The molecule has 2 aromatic rings. The normalized spacial score (nSPS) is 17.9. The maximum atomic E-state index is 12.8. The Kier molecular flexibility index (Phi) is 5.31. The molecule has 0 saturated carbocycles. The number of benzene rings is 2. The second kappa shape index (κ2) is 7.49. The van der Waals surface area contributed by atoms with Crippen LogP contribution in [0.5, 0.6) is 0 Å². The molecule has 1 atom stereocenters. The van der Waals surface area contributed by atoms with Crippen LogP contribution in [0.1, 0.15) is 67.9 Å². The highest BCUT2D eigenvalue weighted by Gasteiger charge is 2.31. The Morgan fingerprint density at radius 2 is 1.65 bits per heavy atom. The summed E-state index contributed by atoms with van der Waals surface area (Å²) in [5.74, 6) is 0.706. The van der Waals surface area contributed by atoms with Crippen LogP contribution in [0.4, 0.5) is 0 Å². The Morgan fingerprint density at radius 3 is 2.35 bits per heavy atom. The molecule has 2 heteroatoms. The van der Waals surface area contributed by atoms with Gasteiger partial charge < -0.3 is 4.74 Å². The quantitative estimate of drug-likeness (QED) is 0.482. The van der Waals surface area contributed by atoms with Gasteiger partial charge in [-0.05, 0) is 60.4 Å². The van der Waals surface area contributed by atoms with Crippen molar-refractivity contribution in [3.8, 4) is 0 Å². The smallest absolute Gasteiger partial charge is 0.343 e. The number of rotatable bonds is 3. The molecule has 1 unspecified atom stereocenters. The summed E-state index contributed by atoms with van der Waals surface area (Å²) >= 11 is 0. The van der Waals surface area contributed by atoms with E-state index in [1.165, 1.54) is 11.1 Å². The lowest BCUT2D eigenvalue weighted by Gasteiger charge is -2.31. The standard InChI is InChI=1S/C24H28O2/c1-17(24(2,3)4)22(26-23(25)19-12-6-5-7-13-19)21-16-10-14-18-11-8-9-15-20(18)21/h5-9,11-13,15,21H,10,14,16H2,1-4H3. The van der Waals surface area contributed by atoms with Gasteiger partial charge in [-0.15, -0.1) is 0 Å². The molecule has 0 spiro atoms. The van der Waals surface area contributed by atoms with E-state index in [2.05, 4.69) is 52.0 Å². The third-order valence-electron chi connectivity index (χ3n) is 5.39. The fraction of sp³-hybridized carbons (Fsp3) is 0.375. The molecule has 136 valence electrons. The summed E-state index contributed by atoms with van der Waals surface area (Å²) in [5.41, 5.74) is 4.36. The largest absolute Gasteiger partial charge is 0.427 e. The van der Waals surface area contributed by atoms with E-state index in [0.29, 0.717) is 5.56 Å². The minimum Gasteiger partial charge on any atom is -0.427 e. The molecule has 0 bridgehead atoms. The minimum atomic E-state index is -0.271. The van der Waals surface area contributed by atoms with Crippen molar-refractivity contribution in [1.29, 1.82) is 0 Å². The summed E-state index contributed by atoms with van der Waals surface area (Å²) < 4.78 is 6.06. The first-order chi connectivity index (χ1) is 12.4. The number of allylic oxidation sites excluding steroid dienone is 2. The van der Waals surface area contributed by atoms with Crippen LogP contribution in [0, 0.1) is 5.41 Å². The maximum Gasteiger partial charge on any atom is 0.343 e. The first-order valence-electron chi connectivity index (χ1n) is 9.44.